The summed E-state index contributed by atoms with van der Waals surface area (Å²) in [6.07, 6.45) is 2.43. The summed E-state index contributed by atoms with van der Waals surface area (Å²) in [6, 6.07) is 3.00. The molecular weight excluding hydrogens is 228 g/mol. The highest BCUT2D eigenvalue weighted by Crippen LogP contribution is 2.31. The summed E-state index contributed by atoms with van der Waals surface area (Å²) in [5.74, 6) is 0.154. The predicted molar refractivity (Wildman–Crippen MR) is 62.2 cm³/mol. The van der Waals surface area contributed by atoms with Crippen LogP contribution in [0.25, 0.3) is 0 Å². The Morgan fingerprint density at radius 2 is 2.31 bits per heavy atom. The number of hydrogen-bond acceptors (Lipinski definition) is 3. The molecule has 0 amide bonds. The monoisotopic (exact) mass is 240 g/mol. The Labute approximate surface area is 98.9 Å². The highest BCUT2D eigenvalue weighted by molar-refractivity contribution is 6.29. The van der Waals surface area contributed by atoms with Crippen molar-refractivity contribution in [3.8, 4) is 0 Å². The lowest BCUT2D eigenvalue weighted by molar-refractivity contribution is 0.0697. The van der Waals surface area contributed by atoms with Crippen LogP contribution >= 0.6 is 11.6 Å². The average Bonchev–Trinajstić information content (AvgIpc) is 3.01. The first-order valence-corrected chi connectivity index (χ1v) is 5.56. The van der Waals surface area contributed by atoms with Crippen molar-refractivity contribution in [2.24, 2.45) is 5.92 Å². The Morgan fingerprint density at radius 3 is 2.88 bits per heavy atom. The van der Waals surface area contributed by atoms with Crippen LogP contribution in [0.15, 0.2) is 12.1 Å². The van der Waals surface area contributed by atoms with E-state index in [-0.39, 0.29) is 5.56 Å². The van der Waals surface area contributed by atoms with Gasteiger partial charge in [0.2, 0.25) is 0 Å². The number of aromatic carboxylic acids is 1. The van der Waals surface area contributed by atoms with Crippen molar-refractivity contribution in [3.05, 3.63) is 22.8 Å². The molecular formula is C11H13ClN2O2. The molecule has 0 spiro atoms. The van der Waals surface area contributed by atoms with Gasteiger partial charge in [-0.25, -0.2) is 9.78 Å². The van der Waals surface area contributed by atoms with Crippen molar-refractivity contribution in [1.82, 2.24) is 4.98 Å². The van der Waals surface area contributed by atoms with Gasteiger partial charge in [-0.15, -0.1) is 0 Å². The molecule has 1 fully saturated rings. The van der Waals surface area contributed by atoms with Gasteiger partial charge in [-0.05, 0) is 30.9 Å². The van der Waals surface area contributed by atoms with Gasteiger partial charge in [-0.2, -0.15) is 0 Å². The summed E-state index contributed by atoms with van der Waals surface area (Å²) in [7, 11) is 1.85. The third kappa shape index (κ3) is 2.44. The highest BCUT2D eigenvalue weighted by atomic mass is 35.5. The molecule has 2 rings (SSSR count). The molecule has 1 aromatic heterocycles. The Morgan fingerprint density at radius 1 is 1.62 bits per heavy atom. The predicted octanol–water partition coefficient (Wildman–Crippen LogP) is 2.28. The quantitative estimate of drug-likeness (QED) is 0.821. The van der Waals surface area contributed by atoms with Gasteiger partial charge in [0.1, 0.15) is 16.5 Å². The van der Waals surface area contributed by atoms with Gasteiger partial charge in [0.05, 0.1) is 0 Å². The van der Waals surface area contributed by atoms with E-state index < -0.39 is 5.97 Å². The van der Waals surface area contributed by atoms with Crippen LogP contribution in [0, 0.1) is 5.92 Å². The molecule has 1 aliphatic carbocycles. The van der Waals surface area contributed by atoms with Crippen LogP contribution in [0.2, 0.25) is 5.15 Å². The van der Waals surface area contributed by atoms with Gasteiger partial charge in [0.15, 0.2) is 0 Å². The number of halogens is 1. The molecule has 0 aliphatic heterocycles. The molecule has 0 atom stereocenters. The fraction of sp³-hybridized carbons (Fsp3) is 0.455. The second-order valence-corrected chi connectivity index (χ2v) is 4.52. The third-order valence-corrected chi connectivity index (χ3v) is 2.87. The summed E-state index contributed by atoms with van der Waals surface area (Å²) in [5, 5.41) is 9.37. The van der Waals surface area contributed by atoms with Crippen LogP contribution < -0.4 is 4.90 Å². The Kier molecular flexibility index (Phi) is 3.01. The van der Waals surface area contributed by atoms with Gasteiger partial charge >= 0.3 is 5.97 Å². The van der Waals surface area contributed by atoms with Crippen molar-refractivity contribution in [1.29, 1.82) is 0 Å². The van der Waals surface area contributed by atoms with Crippen molar-refractivity contribution in [2.75, 3.05) is 18.5 Å². The fourth-order valence-electron chi connectivity index (χ4n) is 1.66. The lowest BCUT2D eigenvalue weighted by Gasteiger charge is -2.19. The standard InChI is InChI=1S/C11H13ClN2O2/c1-14(6-7-2-3-7)10-8(11(15)16)4-5-9(12)13-10/h4-5,7H,2-3,6H2,1H3,(H,15,16). The fourth-order valence-corrected chi connectivity index (χ4v) is 1.80. The maximum atomic E-state index is 11.0. The maximum Gasteiger partial charge on any atom is 0.339 e. The number of carboxylic acids is 1. The molecule has 1 aliphatic rings. The SMILES string of the molecule is CN(CC1CC1)c1nc(Cl)ccc1C(=O)O. The van der Waals surface area contributed by atoms with Crippen LogP contribution in [0.5, 0.6) is 0 Å². The van der Waals surface area contributed by atoms with E-state index in [0.29, 0.717) is 16.9 Å². The average molecular weight is 241 g/mol. The number of rotatable bonds is 4. The molecule has 0 bridgehead atoms. The van der Waals surface area contributed by atoms with Crippen molar-refractivity contribution >= 4 is 23.4 Å². The first-order chi connectivity index (χ1) is 7.58. The number of pyridine rings is 1. The Balaban J connectivity index is 2.27. The highest BCUT2D eigenvalue weighted by Gasteiger charge is 2.25. The summed E-state index contributed by atoms with van der Waals surface area (Å²) >= 11 is 5.79. The third-order valence-electron chi connectivity index (χ3n) is 2.66. The molecule has 1 aromatic rings. The number of carboxylic acid groups (broad SMARTS) is 1. The van der Waals surface area contributed by atoms with E-state index in [1.165, 1.54) is 25.0 Å². The Bertz CT molecular complexity index is 418. The molecule has 0 unspecified atom stereocenters. The van der Waals surface area contributed by atoms with E-state index in [4.69, 9.17) is 16.7 Å². The van der Waals surface area contributed by atoms with Crippen LogP contribution in [-0.4, -0.2) is 29.7 Å². The summed E-state index contributed by atoms with van der Waals surface area (Å²) in [5.41, 5.74) is 0.201. The molecule has 0 radical (unpaired) electrons. The normalized spacial score (nSPS) is 14.9. The zero-order valence-corrected chi connectivity index (χ0v) is 9.74. The second-order valence-electron chi connectivity index (χ2n) is 4.13. The van der Waals surface area contributed by atoms with E-state index in [2.05, 4.69) is 4.98 Å². The number of anilines is 1. The summed E-state index contributed by atoms with van der Waals surface area (Å²) in [6.45, 7) is 0.841. The molecule has 0 aromatic carbocycles. The van der Waals surface area contributed by atoms with Crippen LogP contribution in [0.1, 0.15) is 23.2 Å². The minimum absolute atomic E-state index is 0.201. The second kappa shape index (κ2) is 4.29. The summed E-state index contributed by atoms with van der Waals surface area (Å²) < 4.78 is 0. The minimum atomic E-state index is -0.971. The topological polar surface area (TPSA) is 53.4 Å². The number of hydrogen-bond donors (Lipinski definition) is 1. The lowest BCUT2D eigenvalue weighted by atomic mass is 10.2. The number of nitrogens with zero attached hydrogens (tertiary/aromatic N) is 2. The van der Waals surface area contributed by atoms with Gasteiger partial charge in [-0.1, -0.05) is 11.6 Å². The molecule has 86 valence electrons. The zero-order valence-electron chi connectivity index (χ0n) is 8.98. The first kappa shape index (κ1) is 11.2. The molecule has 5 heteroatoms. The largest absolute Gasteiger partial charge is 0.478 e. The number of carbonyl (C=O) groups is 1. The molecule has 1 heterocycles. The molecule has 0 saturated heterocycles. The molecule has 16 heavy (non-hydrogen) atoms. The van der Waals surface area contributed by atoms with Crippen LogP contribution in [0.4, 0.5) is 5.82 Å². The maximum absolute atomic E-state index is 11.0. The molecule has 1 saturated carbocycles. The Hall–Kier alpha value is -1.29. The molecule has 1 N–H and O–H groups in total. The van der Waals surface area contributed by atoms with Crippen molar-refractivity contribution in [3.63, 3.8) is 0 Å². The smallest absolute Gasteiger partial charge is 0.339 e. The number of aromatic nitrogens is 1. The van der Waals surface area contributed by atoms with Gasteiger partial charge in [0.25, 0.3) is 0 Å². The van der Waals surface area contributed by atoms with E-state index in [9.17, 15) is 4.79 Å². The van der Waals surface area contributed by atoms with E-state index in [1.54, 1.807) is 0 Å². The minimum Gasteiger partial charge on any atom is -0.478 e. The van der Waals surface area contributed by atoms with E-state index in [0.717, 1.165) is 6.54 Å². The summed E-state index contributed by atoms with van der Waals surface area (Å²) in [4.78, 5) is 17.0. The van der Waals surface area contributed by atoms with E-state index in [1.807, 2.05) is 11.9 Å². The first-order valence-electron chi connectivity index (χ1n) is 5.19. The van der Waals surface area contributed by atoms with E-state index >= 15 is 0 Å². The van der Waals surface area contributed by atoms with Gasteiger partial charge in [-0.3, -0.25) is 0 Å². The van der Waals surface area contributed by atoms with Crippen molar-refractivity contribution in [2.45, 2.75) is 12.8 Å². The van der Waals surface area contributed by atoms with Crippen LogP contribution in [0.3, 0.4) is 0 Å². The van der Waals surface area contributed by atoms with Gasteiger partial charge < -0.3 is 10.0 Å². The van der Waals surface area contributed by atoms with Crippen molar-refractivity contribution < 1.29 is 9.90 Å². The van der Waals surface area contributed by atoms with Gasteiger partial charge in [0, 0.05) is 13.6 Å². The zero-order chi connectivity index (χ0) is 11.7. The molecule has 4 nitrogen and oxygen atoms in total. The lowest BCUT2D eigenvalue weighted by Crippen LogP contribution is -2.23. The van der Waals surface area contributed by atoms with Crippen LogP contribution in [-0.2, 0) is 0 Å².